The van der Waals surface area contributed by atoms with E-state index in [0.29, 0.717) is 6.04 Å². The van der Waals surface area contributed by atoms with Gasteiger partial charge in [-0.3, -0.25) is 0 Å². The Morgan fingerprint density at radius 1 is 1.06 bits per heavy atom. The topological polar surface area (TPSA) is 12.0 Å². The molecule has 92 valence electrons. The van der Waals surface area contributed by atoms with E-state index < -0.39 is 0 Å². The third kappa shape index (κ3) is 5.00. The van der Waals surface area contributed by atoms with Crippen LogP contribution < -0.4 is 5.32 Å². The number of halogens is 1. The molecule has 0 saturated carbocycles. The Balaban J connectivity index is 0.00000225. The molecule has 1 aromatic carbocycles. The highest BCUT2D eigenvalue weighted by molar-refractivity contribution is 5.85. The number of nitrogens with one attached hydrogen (secondary N) is 1. The first kappa shape index (κ1) is 15.5. The van der Waals surface area contributed by atoms with Crippen molar-refractivity contribution < 1.29 is 0 Å². The predicted octanol–water partition coefficient (Wildman–Crippen LogP) is 3.90. The molecule has 0 aliphatic rings. The summed E-state index contributed by atoms with van der Waals surface area (Å²) in [5, 5.41) is 3.42. The van der Waals surface area contributed by atoms with Crippen LogP contribution in [0.3, 0.4) is 0 Å². The third-order valence-corrected chi connectivity index (χ3v) is 2.53. The van der Waals surface area contributed by atoms with Gasteiger partial charge in [0.05, 0.1) is 0 Å². The van der Waals surface area contributed by atoms with Gasteiger partial charge in [0.25, 0.3) is 0 Å². The third-order valence-electron chi connectivity index (χ3n) is 2.53. The Kier molecular flexibility index (Phi) is 6.06. The van der Waals surface area contributed by atoms with Crippen LogP contribution in [-0.4, -0.2) is 6.04 Å². The van der Waals surface area contributed by atoms with E-state index in [1.165, 1.54) is 11.1 Å². The van der Waals surface area contributed by atoms with E-state index in [1.807, 2.05) is 0 Å². The van der Waals surface area contributed by atoms with E-state index in [-0.39, 0.29) is 17.8 Å². The molecule has 0 radical (unpaired) electrons. The van der Waals surface area contributed by atoms with Crippen molar-refractivity contribution in [1.82, 2.24) is 5.32 Å². The highest BCUT2D eigenvalue weighted by atomic mass is 35.5. The second kappa shape index (κ2) is 6.27. The molecule has 0 fully saturated rings. The van der Waals surface area contributed by atoms with Crippen molar-refractivity contribution in [1.29, 1.82) is 0 Å². The van der Waals surface area contributed by atoms with Crippen LogP contribution in [0.1, 0.15) is 45.7 Å². The number of rotatable bonds is 3. The van der Waals surface area contributed by atoms with Crippen LogP contribution in [0.2, 0.25) is 0 Å². The number of benzene rings is 1. The average Bonchev–Trinajstić information content (AvgIpc) is 2.14. The summed E-state index contributed by atoms with van der Waals surface area (Å²) < 4.78 is 0. The van der Waals surface area contributed by atoms with Gasteiger partial charge in [0.2, 0.25) is 0 Å². The Morgan fingerprint density at radius 2 is 1.56 bits per heavy atom. The van der Waals surface area contributed by atoms with Gasteiger partial charge in [0, 0.05) is 12.6 Å². The first-order chi connectivity index (χ1) is 6.89. The van der Waals surface area contributed by atoms with Crippen LogP contribution >= 0.6 is 12.4 Å². The quantitative estimate of drug-likeness (QED) is 0.846. The minimum absolute atomic E-state index is 0. The van der Waals surface area contributed by atoms with Crippen LogP contribution in [0.25, 0.3) is 0 Å². The lowest BCUT2D eigenvalue weighted by Crippen LogP contribution is -2.21. The molecule has 1 aromatic rings. The normalized spacial score (nSPS) is 11.4. The average molecular weight is 242 g/mol. The van der Waals surface area contributed by atoms with Crippen molar-refractivity contribution in [3.63, 3.8) is 0 Å². The molecule has 2 heteroatoms. The summed E-state index contributed by atoms with van der Waals surface area (Å²) in [5.74, 6) is 0. The maximum Gasteiger partial charge on any atom is 0.0207 e. The van der Waals surface area contributed by atoms with Crippen molar-refractivity contribution in [3.05, 3.63) is 35.4 Å². The van der Waals surface area contributed by atoms with E-state index in [0.717, 1.165) is 6.54 Å². The van der Waals surface area contributed by atoms with E-state index in [9.17, 15) is 0 Å². The maximum absolute atomic E-state index is 3.42. The minimum atomic E-state index is 0. The van der Waals surface area contributed by atoms with E-state index in [4.69, 9.17) is 0 Å². The molecular weight excluding hydrogens is 218 g/mol. The smallest absolute Gasteiger partial charge is 0.0207 e. The Morgan fingerprint density at radius 3 is 1.94 bits per heavy atom. The lowest BCUT2D eigenvalue weighted by molar-refractivity contribution is 0.582. The van der Waals surface area contributed by atoms with E-state index >= 15 is 0 Å². The van der Waals surface area contributed by atoms with Crippen molar-refractivity contribution in [2.24, 2.45) is 0 Å². The van der Waals surface area contributed by atoms with Gasteiger partial charge in [-0.15, -0.1) is 12.4 Å². The van der Waals surface area contributed by atoms with Gasteiger partial charge in [0.15, 0.2) is 0 Å². The molecule has 1 N–H and O–H groups in total. The molecule has 0 atom stereocenters. The molecule has 0 unspecified atom stereocenters. The van der Waals surface area contributed by atoms with Gasteiger partial charge in [-0.2, -0.15) is 0 Å². The highest BCUT2D eigenvalue weighted by Crippen LogP contribution is 2.22. The first-order valence-corrected chi connectivity index (χ1v) is 5.72. The zero-order valence-electron chi connectivity index (χ0n) is 11.0. The molecule has 0 spiro atoms. The summed E-state index contributed by atoms with van der Waals surface area (Å²) in [5.41, 5.74) is 3.01. The molecule has 0 aliphatic heterocycles. The summed E-state index contributed by atoms with van der Waals surface area (Å²) in [6, 6.07) is 9.45. The molecule has 0 aliphatic carbocycles. The Labute approximate surface area is 106 Å². The monoisotopic (exact) mass is 241 g/mol. The predicted molar refractivity (Wildman–Crippen MR) is 74.4 cm³/mol. The summed E-state index contributed by atoms with van der Waals surface area (Å²) >= 11 is 0. The SMILES string of the molecule is CC(C)NCc1ccc(C(C)(C)C)cc1.Cl. The van der Waals surface area contributed by atoms with Crippen LogP contribution in [0.5, 0.6) is 0 Å². The number of hydrogen-bond acceptors (Lipinski definition) is 1. The molecule has 0 bridgehead atoms. The molecular formula is C14H24ClN. The molecule has 0 heterocycles. The van der Waals surface area contributed by atoms with Crippen LogP contribution in [0, 0.1) is 0 Å². The van der Waals surface area contributed by atoms with Crippen molar-refractivity contribution >= 4 is 12.4 Å². The highest BCUT2D eigenvalue weighted by Gasteiger charge is 2.12. The van der Waals surface area contributed by atoms with Crippen LogP contribution in [0.4, 0.5) is 0 Å². The largest absolute Gasteiger partial charge is 0.310 e. The molecule has 0 aromatic heterocycles. The zero-order valence-corrected chi connectivity index (χ0v) is 11.8. The molecule has 1 rings (SSSR count). The van der Waals surface area contributed by atoms with Gasteiger partial charge >= 0.3 is 0 Å². The van der Waals surface area contributed by atoms with Gasteiger partial charge in [-0.25, -0.2) is 0 Å². The fraction of sp³-hybridized carbons (Fsp3) is 0.571. The molecule has 16 heavy (non-hydrogen) atoms. The first-order valence-electron chi connectivity index (χ1n) is 5.72. The van der Waals surface area contributed by atoms with Crippen LogP contribution in [0.15, 0.2) is 24.3 Å². The summed E-state index contributed by atoms with van der Waals surface area (Å²) in [7, 11) is 0. The molecule has 0 amide bonds. The van der Waals surface area contributed by atoms with Crippen LogP contribution in [-0.2, 0) is 12.0 Å². The van der Waals surface area contributed by atoms with Gasteiger partial charge in [-0.05, 0) is 16.5 Å². The van der Waals surface area contributed by atoms with Crippen molar-refractivity contribution in [2.45, 2.75) is 52.6 Å². The van der Waals surface area contributed by atoms with Crippen molar-refractivity contribution in [2.75, 3.05) is 0 Å². The second-order valence-corrected chi connectivity index (χ2v) is 5.48. The van der Waals surface area contributed by atoms with Gasteiger partial charge in [0.1, 0.15) is 0 Å². The standard InChI is InChI=1S/C14H23N.ClH/c1-11(2)15-10-12-6-8-13(9-7-12)14(3,4)5;/h6-9,11,15H,10H2,1-5H3;1H. The van der Waals surface area contributed by atoms with Gasteiger partial charge < -0.3 is 5.32 Å². The molecule has 0 saturated heterocycles. The Bertz CT molecular complexity index is 296. The summed E-state index contributed by atoms with van der Waals surface area (Å²) in [4.78, 5) is 0. The summed E-state index contributed by atoms with van der Waals surface area (Å²) in [6.07, 6.45) is 0. The lowest BCUT2D eigenvalue weighted by Gasteiger charge is -2.19. The van der Waals surface area contributed by atoms with E-state index in [1.54, 1.807) is 0 Å². The summed E-state index contributed by atoms with van der Waals surface area (Å²) in [6.45, 7) is 12.0. The fourth-order valence-electron chi connectivity index (χ4n) is 1.44. The fourth-order valence-corrected chi connectivity index (χ4v) is 1.44. The van der Waals surface area contributed by atoms with Crippen molar-refractivity contribution in [3.8, 4) is 0 Å². The zero-order chi connectivity index (χ0) is 11.5. The maximum atomic E-state index is 3.42. The number of hydrogen-bond donors (Lipinski definition) is 1. The lowest BCUT2D eigenvalue weighted by atomic mass is 9.87. The Hall–Kier alpha value is -0.530. The minimum Gasteiger partial charge on any atom is -0.310 e. The van der Waals surface area contributed by atoms with Gasteiger partial charge in [-0.1, -0.05) is 58.9 Å². The van der Waals surface area contributed by atoms with E-state index in [2.05, 4.69) is 64.2 Å². The second-order valence-electron chi connectivity index (χ2n) is 5.48. The molecule has 1 nitrogen and oxygen atoms in total.